The molecule has 1 heteroatoms. The number of hydrogen-bond acceptors (Lipinski definition) is 1. The Morgan fingerprint density at radius 3 is 0.818 bits per heavy atom. The van der Waals surface area contributed by atoms with E-state index in [1.54, 1.807) is 0 Å². The number of benzene rings is 7. The highest BCUT2D eigenvalue weighted by molar-refractivity contribution is 6.31. The van der Waals surface area contributed by atoms with Gasteiger partial charge in [0, 0.05) is 10.8 Å². The van der Waals surface area contributed by atoms with E-state index in [1.807, 2.05) is 24.3 Å². The molecule has 8 rings (SSSR count). The normalized spacial score (nSPS) is 11.3. The zero-order valence-electron chi connectivity index (χ0n) is 24.1. The molecule has 8 aromatic rings. The van der Waals surface area contributed by atoms with Gasteiger partial charge in [-0.2, -0.15) is 0 Å². The number of rotatable bonds is 4. The summed E-state index contributed by atoms with van der Waals surface area (Å²) in [6, 6.07) is 59.0. The summed E-state index contributed by atoms with van der Waals surface area (Å²) in [5.74, 6) is 0. The molecule has 0 spiro atoms. The lowest BCUT2D eigenvalue weighted by atomic mass is 9.78. The van der Waals surface area contributed by atoms with E-state index in [1.165, 1.54) is 0 Å². The largest absolute Gasteiger partial charge is 0.289 e. The van der Waals surface area contributed by atoms with Gasteiger partial charge in [-0.3, -0.25) is 4.79 Å². The maximum absolute atomic E-state index is 14.4. The second kappa shape index (κ2) is 10.8. The van der Waals surface area contributed by atoms with Crippen LogP contribution >= 0.6 is 0 Å². The molecule has 0 unspecified atom stereocenters. The molecule has 0 atom stereocenters. The van der Waals surface area contributed by atoms with Crippen molar-refractivity contribution < 1.29 is 0 Å². The van der Waals surface area contributed by atoms with E-state index in [2.05, 4.69) is 146 Å². The van der Waals surface area contributed by atoms with Crippen molar-refractivity contribution in [2.45, 2.75) is 0 Å². The highest BCUT2D eigenvalue weighted by atomic mass is 16.1. The minimum Gasteiger partial charge on any atom is -0.289 e. The molecule has 0 amide bonds. The lowest BCUT2D eigenvalue weighted by molar-refractivity contribution is 1.58. The van der Waals surface area contributed by atoms with Crippen LogP contribution in [-0.2, 0) is 0 Å². The fourth-order valence-electron chi connectivity index (χ4n) is 6.81. The van der Waals surface area contributed by atoms with Gasteiger partial charge in [0.25, 0.3) is 0 Å². The smallest absolute Gasteiger partial charge is 0.194 e. The second-order valence-corrected chi connectivity index (χ2v) is 11.1. The summed E-state index contributed by atoms with van der Waals surface area (Å²) in [5.41, 5.74) is 9.10. The zero-order valence-corrected chi connectivity index (χ0v) is 24.1. The molecule has 0 aromatic heterocycles. The fourth-order valence-corrected chi connectivity index (χ4v) is 6.81. The minimum absolute atomic E-state index is 0.0490. The van der Waals surface area contributed by atoms with Gasteiger partial charge in [0.1, 0.15) is 0 Å². The molecule has 0 heterocycles. The molecule has 0 aliphatic carbocycles. The Morgan fingerprint density at radius 2 is 0.500 bits per heavy atom. The Labute approximate surface area is 256 Å². The molecule has 1 nitrogen and oxygen atoms in total. The van der Waals surface area contributed by atoms with Gasteiger partial charge in [-0.05, 0) is 66.1 Å². The first-order chi connectivity index (χ1) is 21.8. The number of fused-ring (bicyclic) bond motifs is 5. The SMILES string of the molecule is O=c1c2ccccc2c2c(-c3ccccc3)c(-c3ccccc3)c(-c3ccccc3)c(-c3ccccc3)c2c2ccccc12. The molecule has 8 aromatic carbocycles. The van der Waals surface area contributed by atoms with Crippen molar-refractivity contribution in [2.24, 2.45) is 0 Å². The molecular weight excluding hydrogens is 532 g/mol. The van der Waals surface area contributed by atoms with Gasteiger partial charge in [-0.1, -0.05) is 170 Å². The van der Waals surface area contributed by atoms with Crippen LogP contribution in [0.1, 0.15) is 0 Å². The van der Waals surface area contributed by atoms with Crippen molar-refractivity contribution in [3.8, 4) is 44.5 Å². The molecule has 0 N–H and O–H groups in total. The maximum atomic E-state index is 14.4. The van der Waals surface area contributed by atoms with Crippen LogP contribution < -0.4 is 5.43 Å². The third kappa shape index (κ3) is 4.13. The summed E-state index contributed by atoms with van der Waals surface area (Å²) < 4.78 is 0. The molecule has 0 aliphatic heterocycles. The predicted molar refractivity (Wildman–Crippen MR) is 187 cm³/mol. The van der Waals surface area contributed by atoms with Crippen LogP contribution in [-0.4, -0.2) is 0 Å². The van der Waals surface area contributed by atoms with Crippen molar-refractivity contribution in [3.63, 3.8) is 0 Å². The van der Waals surface area contributed by atoms with Crippen molar-refractivity contribution >= 4 is 32.3 Å². The minimum atomic E-state index is 0.0490. The Kier molecular flexibility index (Phi) is 6.35. The summed E-state index contributed by atoms with van der Waals surface area (Å²) in [6.07, 6.45) is 0. The molecule has 0 saturated heterocycles. The molecule has 0 saturated carbocycles. The van der Waals surface area contributed by atoms with Crippen LogP contribution in [0.2, 0.25) is 0 Å². The van der Waals surface area contributed by atoms with Crippen LogP contribution in [0.3, 0.4) is 0 Å². The highest BCUT2D eigenvalue weighted by Crippen LogP contribution is 2.53. The Balaban J connectivity index is 1.83. The van der Waals surface area contributed by atoms with E-state index in [0.29, 0.717) is 0 Å². The van der Waals surface area contributed by atoms with E-state index < -0.39 is 0 Å². The molecule has 0 fully saturated rings. The van der Waals surface area contributed by atoms with Gasteiger partial charge < -0.3 is 0 Å². The standard InChI is InChI=1S/C43H28O/c44-43-35-27-15-13-25-33(35)41-39(31-21-9-3-10-22-31)37(29-17-5-1-6-18-29)38(30-19-7-2-8-20-30)40(32-23-11-4-12-24-32)42(41)34-26-14-16-28-36(34)43/h1-28H. The maximum Gasteiger partial charge on any atom is 0.194 e. The number of hydrogen-bond donors (Lipinski definition) is 0. The average molecular weight is 561 g/mol. The van der Waals surface area contributed by atoms with Gasteiger partial charge in [0.2, 0.25) is 0 Å². The molecule has 0 radical (unpaired) electrons. The highest BCUT2D eigenvalue weighted by Gasteiger charge is 2.26. The summed E-state index contributed by atoms with van der Waals surface area (Å²) in [6.45, 7) is 0. The van der Waals surface area contributed by atoms with Crippen LogP contribution in [0.5, 0.6) is 0 Å². The van der Waals surface area contributed by atoms with E-state index in [0.717, 1.165) is 76.8 Å². The Hall–Kier alpha value is -5.79. The van der Waals surface area contributed by atoms with Crippen LogP contribution in [0.15, 0.2) is 175 Å². The summed E-state index contributed by atoms with van der Waals surface area (Å²) in [5, 5.41) is 5.53. The molecule has 206 valence electrons. The first-order valence-corrected chi connectivity index (χ1v) is 15.0. The van der Waals surface area contributed by atoms with Gasteiger partial charge >= 0.3 is 0 Å². The average Bonchev–Trinajstić information content (AvgIpc) is 3.21. The van der Waals surface area contributed by atoms with E-state index in [9.17, 15) is 4.79 Å². The fraction of sp³-hybridized carbons (Fsp3) is 0. The zero-order chi connectivity index (χ0) is 29.5. The van der Waals surface area contributed by atoms with Gasteiger partial charge in [-0.15, -0.1) is 0 Å². The van der Waals surface area contributed by atoms with E-state index in [-0.39, 0.29) is 5.43 Å². The molecule has 0 aliphatic rings. The predicted octanol–water partition coefficient (Wildman–Crippen LogP) is 11.2. The summed E-state index contributed by atoms with van der Waals surface area (Å²) in [7, 11) is 0. The van der Waals surface area contributed by atoms with Gasteiger partial charge in [0.05, 0.1) is 0 Å². The first kappa shape index (κ1) is 25.9. The quantitative estimate of drug-likeness (QED) is 0.209. The van der Waals surface area contributed by atoms with Gasteiger partial charge in [0.15, 0.2) is 5.43 Å². The first-order valence-electron chi connectivity index (χ1n) is 15.0. The van der Waals surface area contributed by atoms with Crippen LogP contribution in [0.4, 0.5) is 0 Å². The topological polar surface area (TPSA) is 17.1 Å². The van der Waals surface area contributed by atoms with Gasteiger partial charge in [-0.25, -0.2) is 0 Å². The lowest BCUT2D eigenvalue weighted by Crippen LogP contribution is -1.97. The molecule has 0 bridgehead atoms. The van der Waals surface area contributed by atoms with Crippen molar-refractivity contribution in [1.29, 1.82) is 0 Å². The van der Waals surface area contributed by atoms with E-state index >= 15 is 0 Å². The lowest BCUT2D eigenvalue weighted by Gasteiger charge is -2.24. The third-order valence-corrected chi connectivity index (χ3v) is 8.63. The van der Waals surface area contributed by atoms with Crippen molar-refractivity contribution in [2.75, 3.05) is 0 Å². The molecule has 44 heavy (non-hydrogen) atoms. The Bertz CT molecular complexity index is 2190. The van der Waals surface area contributed by atoms with E-state index in [4.69, 9.17) is 0 Å². The third-order valence-electron chi connectivity index (χ3n) is 8.63. The molecular formula is C43H28O. The van der Waals surface area contributed by atoms with Crippen molar-refractivity contribution in [3.05, 3.63) is 180 Å². The summed E-state index contributed by atoms with van der Waals surface area (Å²) >= 11 is 0. The summed E-state index contributed by atoms with van der Waals surface area (Å²) in [4.78, 5) is 14.4. The van der Waals surface area contributed by atoms with Crippen molar-refractivity contribution in [1.82, 2.24) is 0 Å². The van der Waals surface area contributed by atoms with Crippen LogP contribution in [0.25, 0.3) is 76.8 Å². The Morgan fingerprint density at radius 1 is 0.250 bits per heavy atom. The van der Waals surface area contributed by atoms with Crippen LogP contribution in [0, 0.1) is 0 Å². The monoisotopic (exact) mass is 560 g/mol. The second-order valence-electron chi connectivity index (χ2n) is 11.1.